The molecule has 0 saturated carbocycles. The molecule has 2 nitrogen and oxygen atoms in total. The van der Waals surface area contributed by atoms with E-state index in [1.165, 1.54) is 29.7 Å². The van der Waals surface area contributed by atoms with Gasteiger partial charge >= 0.3 is 0 Å². The molecule has 0 amide bonds. The highest BCUT2D eigenvalue weighted by atomic mass is 32.2. The van der Waals surface area contributed by atoms with Gasteiger partial charge in [0, 0.05) is 23.3 Å². The lowest BCUT2D eigenvalue weighted by Crippen LogP contribution is -2.21. The summed E-state index contributed by atoms with van der Waals surface area (Å²) < 4.78 is 5.67. The molecule has 1 saturated heterocycles. The summed E-state index contributed by atoms with van der Waals surface area (Å²) in [4.78, 5) is 1.36. The third kappa shape index (κ3) is 4.80. The number of benzene rings is 1. The molecular weight excluding hydrogens is 266 g/mol. The maximum atomic E-state index is 5.67. The molecule has 3 heteroatoms. The van der Waals surface area contributed by atoms with Crippen LogP contribution in [0.1, 0.15) is 51.1 Å². The normalized spacial score (nSPS) is 20.2. The highest BCUT2D eigenvalue weighted by Gasteiger charge is 2.15. The Bertz CT molecular complexity index is 373. The average Bonchev–Trinajstić information content (AvgIpc) is 3.00. The molecule has 0 aromatic heterocycles. The van der Waals surface area contributed by atoms with Crippen molar-refractivity contribution in [2.24, 2.45) is 0 Å². The molecule has 2 unspecified atom stereocenters. The van der Waals surface area contributed by atoms with Gasteiger partial charge in [-0.15, -0.1) is 11.8 Å². The van der Waals surface area contributed by atoms with Gasteiger partial charge in [0.1, 0.15) is 0 Å². The van der Waals surface area contributed by atoms with Crippen molar-refractivity contribution in [3.63, 3.8) is 0 Å². The Labute approximate surface area is 127 Å². The maximum Gasteiger partial charge on any atom is 0.0669 e. The molecule has 0 aliphatic carbocycles. The van der Waals surface area contributed by atoms with Gasteiger partial charge in [0.25, 0.3) is 0 Å². The number of hydrogen-bond donors (Lipinski definition) is 1. The van der Waals surface area contributed by atoms with Crippen molar-refractivity contribution in [2.75, 3.05) is 18.9 Å². The van der Waals surface area contributed by atoms with E-state index in [0.29, 0.717) is 12.1 Å². The Kier molecular flexibility index (Phi) is 6.91. The van der Waals surface area contributed by atoms with E-state index in [9.17, 15) is 0 Å². The fourth-order valence-electron chi connectivity index (χ4n) is 2.58. The van der Waals surface area contributed by atoms with Crippen LogP contribution >= 0.6 is 11.8 Å². The number of rotatable bonds is 8. The third-order valence-corrected chi connectivity index (χ3v) is 4.94. The van der Waals surface area contributed by atoms with E-state index in [-0.39, 0.29) is 0 Å². The standard InChI is InChI=1S/C17H27NOS/c1-3-11-18-17(4-2)14-7-9-16(10-8-14)20-13-15-6-5-12-19-15/h7-10,15,17-18H,3-6,11-13H2,1-2H3. The molecule has 1 fully saturated rings. The smallest absolute Gasteiger partial charge is 0.0669 e. The molecular formula is C17H27NOS. The predicted molar refractivity (Wildman–Crippen MR) is 87.5 cm³/mol. The molecule has 2 rings (SSSR count). The monoisotopic (exact) mass is 293 g/mol. The highest BCUT2D eigenvalue weighted by molar-refractivity contribution is 7.99. The zero-order valence-electron chi connectivity index (χ0n) is 12.7. The van der Waals surface area contributed by atoms with Crippen molar-refractivity contribution in [2.45, 2.75) is 56.6 Å². The van der Waals surface area contributed by atoms with Crippen molar-refractivity contribution >= 4 is 11.8 Å². The maximum absolute atomic E-state index is 5.67. The van der Waals surface area contributed by atoms with Gasteiger partial charge in [0.2, 0.25) is 0 Å². The summed E-state index contributed by atoms with van der Waals surface area (Å²) in [5, 5.41) is 3.60. The molecule has 0 spiro atoms. The van der Waals surface area contributed by atoms with E-state index in [4.69, 9.17) is 4.74 Å². The zero-order valence-corrected chi connectivity index (χ0v) is 13.5. The van der Waals surface area contributed by atoms with Crippen LogP contribution in [0.2, 0.25) is 0 Å². The lowest BCUT2D eigenvalue weighted by atomic mass is 10.0. The Morgan fingerprint density at radius 2 is 2.10 bits per heavy atom. The Balaban J connectivity index is 1.84. The van der Waals surface area contributed by atoms with Gasteiger partial charge < -0.3 is 10.1 Å². The predicted octanol–water partition coefficient (Wildman–Crippen LogP) is 4.41. The van der Waals surface area contributed by atoms with Crippen LogP contribution in [0.25, 0.3) is 0 Å². The Morgan fingerprint density at radius 3 is 2.70 bits per heavy atom. The van der Waals surface area contributed by atoms with E-state index >= 15 is 0 Å². The minimum Gasteiger partial charge on any atom is -0.377 e. The van der Waals surface area contributed by atoms with Gasteiger partial charge in [-0.05, 0) is 49.9 Å². The molecule has 1 heterocycles. The van der Waals surface area contributed by atoms with Crippen molar-refractivity contribution < 1.29 is 4.74 Å². The van der Waals surface area contributed by atoms with Gasteiger partial charge in [-0.1, -0.05) is 26.0 Å². The minimum absolute atomic E-state index is 0.467. The van der Waals surface area contributed by atoms with Crippen molar-refractivity contribution in [1.82, 2.24) is 5.32 Å². The van der Waals surface area contributed by atoms with E-state index in [0.717, 1.165) is 25.3 Å². The Morgan fingerprint density at radius 1 is 1.30 bits per heavy atom. The first-order valence-electron chi connectivity index (χ1n) is 7.91. The zero-order chi connectivity index (χ0) is 14.2. The number of thioether (sulfide) groups is 1. The molecule has 1 aliphatic heterocycles. The van der Waals surface area contributed by atoms with Crippen molar-refractivity contribution in [3.05, 3.63) is 29.8 Å². The minimum atomic E-state index is 0.467. The molecule has 1 aromatic rings. The summed E-state index contributed by atoms with van der Waals surface area (Å²) in [6.07, 6.45) is 5.25. The molecule has 1 N–H and O–H groups in total. The van der Waals surface area contributed by atoms with Crippen molar-refractivity contribution in [1.29, 1.82) is 0 Å². The van der Waals surface area contributed by atoms with Crippen LogP contribution in [0.15, 0.2) is 29.2 Å². The van der Waals surface area contributed by atoms with Gasteiger partial charge in [-0.3, -0.25) is 0 Å². The first kappa shape index (κ1) is 15.9. The molecule has 0 bridgehead atoms. The van der Waals surface area contributed by atoms with E-state index in [2.05, 4.69) is 43.4 Å². The van der Waals surface area contributed by atoms with Crippen LogP contribution in [0.5, 0.6) is 0 Å². The van der Waals surface area contributed by atoms with E-state index in [1.54, 1.807) is 0 Å². The number of hydrogen-bond acceptors (Lipinski definition) is 3. The SMILES string of the molecule is CCCNC(CC)c1ccc(SCC2CCCO2)cc1. The summed E-state index contributed by atoms with van der Waals surface area (Å²) in [7, 11) is 0. The topological polar surface area (TPSA) is 21.3 Å². The molecule has 0 radical (unpaired) electrons. The van der Waals surface area contributed by atoms with E-state index < -0.39 is 0 Å². The van der Waals surface area contributed by atoms with Crippen molar-refractivity contribution in [3.8, 4) is 0 Å². The molecule has 1 aromatic carbocycles. The van der Waals surface area contributed by atoms with Gasteiger partial charge in [0.05, 0.1) is 6.10 Å². The second-order valence-electron chi connectivity index (χ2n) is 5.43. The van der Waals surface area contributed by atoms with Crippen LogP contribution < -0.4 is 5.32 Å². The molecule has 1 aliphatic rings. The average molecular weight is 293 g/mol. The second kappa shape index (κ2) is 8.71. The summed E-state index contributed by atoms with van der Waals surface area (Å²) in [5.41, 5.74) is 1.41. The number of ether oxygens (including phenoxy) is 1. The lowest BCUT2D eigenvalue weighted by molar-refractivity contribution is 0.129. The first-order valence-corrected chi connectivity index (χ1v) is 8.89. The quantitative estimate of drug-likeness (QED) is 0.717. The summed E-state index contributed by atoms with van der Waals surface area (Å²) >= 11 is 1.92. The fraction of sp³-hybridized carbons (Fsp3) is 0.647. The molecule has 2 atom stereocenters. The van der Waals surface area contributed by atoms with Gasteiger partial charge in [-0.25, -0.2) is 0 Å². The molecule has 20 heavy (non-hydrogen) atoms. The lowest BCUT2D eigenvalue weighted by Gasteiger charge is -2.17. The van der Waals surface area contributed by atoms with E-state index in [1.807, 2.05) is 11.8 Å². The van der Waals surface area contributed by atoms with Crippen LogP contribution in [0.3, 0.4) is 0 Å². The summed E-state index contributed by atoms with van der Waals surface area (Å²) in [6, 6.07) is 9.55. The fourth-order valence-corrected chi connectivity index (χ4v) is 3.55. The number of nitrogens with one attached hydrogen (secondary N) is 1. The Hall–Kier alpha value is -0.510. The summed E-state index contributed by atoms with van der Waals surface area (Å²) in [6.45, 7) is 6.50. The first-order chi connectivity index (χ1) is 9.83. The van der Waals surface area contributed by atoms with Gasteiger partial charge in [0.15, 0.2) is 0 Å². The van der Waals surface area contributed by atoms with Crippen LogP contribution in [0, 0.1) is 0 Å². The molecule has 112 valence electrons. The third-order valence-electron chi connectivity index (χ3n) is 3.79. The van der Waals surface area contributed by atoms with Crippen LogP contribution in [-0.2, 0) is 4.74 Å². The van der Waals surface area contributed by atoms with Crippen LogP contribution in [0.4, 0.5) is 0 Å². The largest absolute Gasteiger partial charge is 0.377 e. The highest BCUT2D eigenvalue weighted by Crippen LogP contribution is 2.25. The second-order valence-corrected chi connectivity index (χ2v) is 6.52. The van der Waals surface area contributed by atoms with Crippen LogP contribution in [-0.4, -0.2) is 25.0 Å². The van der Waals surface area contributed by atoms with Gasteiger partial charge in [-0.2, -0.15) is 0 Å². The summed E-state index contributed by atoms with van der Waals surface area (Å²) in [5.74, 6) is 1.09.